The summed E-state index contributed by atoms with van der Waals surface area (Å²) in [7, 11) is 0. The van der Waals surface area contributed by atoms with Crippen LogP contribution in [-0.4, -0.2) is 27.4 Å². The van der Waals surface area contributed by atoms with Crippen molar-refractivity contribution in [1.82, 2.24) is 9.55 Å². The summed E-state index contributed by atoms with van der Waals surface area (Å²) < 4.78 is 20.4. The predicted octanol–water partition coefficient (Wildman–Crippen LogP) is 3.18. The number of aromatic nitrogens is 2. The highest BCUT2D eigenvalue weighted by atomic mass is 19.1. The van der Waals surface area contributed by atoms with E-state index in [1.54, 1.807) is 12.1 Å². The molecule has 3 aromatic rings. The molecule has 5 heteroatoms. The summed E-state index contributed by atoms with van der Waals surface area (Å²) in [6, 6.07) is 13.6. The molecule has 0 spiro atoms. The summed E-state index contributed by atoms with van der Waals surface area (Å²) in [4.78, 5) is 4.58. The first-order valence-corrected chi connectivity index (χ1v) is 7.68. The van der Waals surface area contributed by atoms with Crippen LogP contribution >= 0.6 is 0 Å². The molecule has 0 saturated carbocycles. The van der Waals surface area contributed by atoms with Crippen LogP contribution in [0.5, 0.6) is 5.75 Å². The maximum Gasteiger partial charge on any atom is 0.123 e. The largest absolute Gasteiger partial charge is 0.491 e. The molecule has 0 aliphatic carbocycles. The van der Waals surface area contributed by atoms with Gasteiger partial charge in [-0.1, -0.05) is 19.1 Å². The molecule has 0 radical (unpaired) electrons. The Kier molecular flexibility index (Phi) is 4.57. The van der Waals surface area contributed by atoms with Crippen molar-refractivity contribution in [3.8, 4) is 5.75 Å². The van der Waals surface area contributed by atoms with Gasteiger partial charge in [0, 0.05) is 6.42 Å². The fraction of sp³-hybridized carbons (Fsp3) is 0.278. The number of aliphatic hydroxyl groups is 1. The molecule has 3 rings (SSSR count). The van der Waals surface area contributed by atoms with Gasteiger partial charge in [-0.3, -0.25) is 0 Å². The summed E-state index contributed by atoms with van der Waals surface area (Å²) in [6.45, 7) is 2.59. The number of aryl methyl sites for hydroxylation is 1. The first kappa shape index (κ1) is 15.5. The Morgan fingerprint density at radius 3 is 2.65 bits per heavy atom. The standard InChI is InChI=1S/C18H19FN2O2/c1-2-18-20-16-5-3-4-6-17(16)21(18)11-14(22)12-23-15-9-7-13(19)8-10-15/h3-10,14,22H,2,11-12H2,1H3/t14-/m0/s1. The third-order valence-corrected chi connectivity index (χ3v) is 3.70. The summed E-state index contributed by atoms with van der Waals surface area (Å²) in [5, 5.41) is 10.3. The summed E-state index contributed by atoms with van der Waals surface area (Å²) in [5.74, 6) is 1.17. The lowest BCUT2D eigenvalue weighted by molar-refractivity contribution is 0.0927. The molecule has 0 saturated heterocycles. The molecule has 0 aliphatic heterocycles. The van der Waals surface area contributed by atoms with Crippen LogP contribution in [0, 0.1) is 5.82 Å². The molecule has 1 aromatic heterocycles. The van der Waals surface area contributed by atoms with E-state index in [2.05, 4.69) is 4.98 Å². The quantitative estimate of drug-likeness (QED) is 0.760. The maximum absolute atomic E-state index is 12.9. The molecule has 0 aliphatic rings. The second kappa shape index (κ2) is 6.79. The van der Waals surface area contributed by atoms with Gasteiger partial charge in [0.25, 0.3) is 0 Å². The van der Waals surface area contributed by atoms with E-state index in [9.17, 15) is 9.50 Å². The van der Waals surface area contributed by atoms with E-state index in [0.717, 1.165) is 23.3 Å². The van der Waals surface area contributed by atoms with Crippen molar-refractivity contribution >= 4 is 11.0 Å². The Hall–Kier alpha value is -2.40. The van der Waals surface area contributed by atoms with Crippen LogP contribution < -0.4 is 4.74 Å². The minimum Gasteiger partial charge on any atom is -0.491 e. The number of halogens is 1. The fourth-order valence-corrected chi connectivity index (χ4v) is 2.59. The van der Waals surface area contributed by atoms with Crippen LogP contribution in [0.3, 0.4) is 0 Å². The van der Waals surface area contributed by atoms with Crippen molar-refractivity contribution in [2.45, 2.75) is 26.0 Å². The van der Waals surface area contributed by atoms with Gasteiger partial charge in [0.1, 0.15) is 30.1 Å². The number of aliphatic hydroxyl groups excluding tert-OH is 1. The zero-order valence-corrected chi connectivity index (χ0v) is 12.9. The lowest BCUT2D eigenvalue weighted by Gasteiger charge is -2.15. The van der Waals surface area contributed by atoms with Crippen molar-refractivity contribution in [3.63, 3.8) is 0 Å². The number of fused-ring (bicyclic) bond motifs is 1. The first-order chi connectivity index (χ1) is 11.2. The normalized spacial score (nSPS) is 12.5. The Morgan fingerprint density at radius 2 is 1.91 bits per heavy atom. The van der Waals surface area contributed by atoms with Gasteiger partial charge in [-0.2, -0.15) is 0 Å². The van der Waals surface area contributed by atoms with E-state index in [4.69, 9.17) is 4.74 Å². The maximum atomic E-state index is 12.9. The number of nitrogens with zero attached hydrogens (tertiary/aromatic N) is 2. The highest BCUT2D eigenvalue weighted by molar-refractivity contribution is 5.75. The van der Waals surface area contributed by atoms with Crippen LogP contribution in [0.4, 0.5) is 4.39 Å². The molecule has 0 bridgehead atoms. The fourth-order valence-electron chi connectivity index (χ4n) is 2.59. The van der Waals surface area contributed by atoms with Gasteiger partial charge in [0.05, 0.1) is 17.6 Å². The van der Waals surface area contributed by atoms with Gasteiger partial charge in [0.2, 0.25) is 0 Å². The third kappa shape index (κ3) is 3.51. The van der Waals surface area contributed by atoms with E-state index in [1.165, 1.54) is 12.1 Å². The van der Waals surface area contributed by atoms with Crippen LogP contribution in [0.25, 0.3) is 11.0 Å². The topological polar surface area (TPSA) is 47.3 Å². The van der Waals surface area contributed by atoms with E-state index in [0.29, 0.717) is 12.3 Å². The molecule has 1 N–H and O–H groups in total. The van der Waals surface area contributed by atoms with Crippen LogP contribution in [0.15, 0.2) is 48.5 Å². The van der Waals surface area contributed by atoms with Gasteiger partial charge in [0.15, 0.2) is 0 Å². The van der Waals surface area contributed by atoms with Crippen LogP contribution in [-0.2, 0) is 13.0 Å². The number of ether oxygens (including phenoxy) is 1. The lowest BCUT2D eigenvalue weighted by atomic mass is 10.3. The summed E-state index contributed by atoms with van der Waals surface area (Å²) in [5.41, 5.74) is 1.93. The zero-order valence-electron chi connectivity index (χ0n) is 12.9. The van der Waals surface area contributed by atoms with Gasteiger partial charge >= 0.3 is 0 Å². The highest BCUT2D eigenvalue weighted by Crippen LogP contribution is 2.17. The van der Waals surface area contributed by atoms with E-state index < -0.39 is 6.10 Å². The van der Waals surface area contributed by atoms with E-state index in [-0.39, 0.29) is 12.4 Å². The monoisotopic (exact) mass is 314 g/mol. The van der Waals surface area contributed by atoms with Crippen LogP contribution in [0.2, 0.25) is 0 Å². The average Bonchev–Trinajstić information content (AvgIpc) is 2.92. The second-order valence-electron chi connectivity index (χ2n) is 5.40. The number of rotatable bonds is 6. The van der Waals surface area contributed by atoms with Crippen molar-refractivity contribution in [2.24, 2.45) is 0 Å². The Balaban J connectivity index is 1.70. The van der Waals surface area contributed by atoms with Crippen molar-refractivity contribution in [2.75, 3.05) is 6.61 Å². The van der Waals surface area contributed by atoms with Crippen LogP contribution in [0.1, 0.15) is 12.7 Å². The highest BCUT2D eigenvalue weighted by Gasteiger charge is 2.13. The number of benzene rings is 2. The summed E-state index contributed by atoms with van der Waals surface area (Å²) in [6.07, 6.45) is 0.114. The molecular weight excluding hydrogens is 295 g/mol. The number of hydrogen-bond acceptors (Lipinski definition) is 3. The minimum atomic E-state index is -0.678. The molecule has 0 unspecified atom stereocenters. The lowest BCUT2D eigenvalue weighted by Crippen LogP contribution is -2.24. The molecule has 23 heavy (non-hydrogen) atoms. The minimum absolute atomic E-state index is 0.140. The number of hydrogen-bond donors (Lipinski definition) is 1. The molecule has 1 heterocycles. The number of imidazole rings is 1. The third-order valence-electron chi connectivity index (χ3n) is 3.70. The average molecular weight is 314 g/mol. The smallest absolute Gasteiger partial charge is 0.123 e. The van der Waals surface area contributed by atoms with Gasteiger partial charge in [-0.05, 0) is 36.4 Å². The Bertz CT molecular complexity index is 783. The molecule has 2 aromatic carbocycles. The SMILES string of the molecule is CCc1nc2ccccc2n1C[C@H](O)COc1ccc(F)cc1. The van der Waals surface area contributed by atoms with Crippen molar-refractivity contribution in [1.29, 1.82) is 0 Å². The van der Waals surface area contributed by atoms with Gasteiger partial charge in [-0.15, -0.1) is 0 Å². The zero-order chi connectivity index (χ0) is 16.2. The van der Waals surface area contributed by atoms with E-state index in [1.807, 2.05) is 35.8 Å². The second-order valence-corrected chi connectivity index (χ2v) is 5.40. The first-order valence-electron chi connectivity index (χ1n) is 7.68. The molecule has 4 nitrogen and oxygen atoms in total. The Morgan fingerprint density at radius 1 is 1.17 bits per heavy atom. The Labute approximate surface area is 134 Å². The van der Waals surface area contributed by atoms with Gasteiger partial charge < -0.3 is 14.4 Å². The van der Waals surface area contributed by atoms with Crippen molar-refractivity contribution < 1.29 is 14.2 Å². The van der Waals surface area contributed by atoms with Crippen molar-refractivity contribution in [3.05, 3.63) is 60.2 Å². The number of para-hydroxylation sites is 2. The summed E-state index contributed by atoms with van der Waals surface area (Å²) >= 11 is 0. The molecule has 0 fully saturated rings. The predicted molar refractivity (Wildman–Crippen MR) is 87.0 cm³/mol. The molecule has 120 valence electrons. The molecule has 0 amide bonds. The molecular formula is C18H19FN2O2. The molecule has 1 atom stereocenters. The van der Waals surface area contributed by atoms with Gasteiger partial charge in [-0.25, -0.2) is 9.37 Å². The van der Waals surface area contributed by atoms with E-state index >= 15 is 0 Å².